The number of amides is 2. The molecule has 1 N–H and O–H groups in total. The summed E-state index contributed by atoms with van der Waals surface area (Å²) in [5.74, 6) is 0.104. The summed E-state index contributed by atoms with van der Waals surface area (Å²) in [6.07, 6.45) is 5.41. The molecule has 0 aliphatic carbocycles. The zero-order valence-corrected chi connectivity index (χ0v) is 11.8. The van der Waals surface area contributed by atoms with Gasteiger partial charge in [-0.25, -0.2) is 0 Å². The molecule has 20 heavy (non-hydrogen) atoms. The van der Waals surface area contributed by atoms with Crippen molar-refractivity contribution >= 4 is 11.8 Å². The molecule has 0 aromatic carbocycles. The van der Waals surface area contributed by atoms with E-state index in [4.69, 9.17) is 0 Å². The molecule has 1 saturated heterocycles. The summed E-state index contributed by atoms with van der Waals surface area (Å²) in [6, 6.07) is 0. The summed E-state index contributed by atoms with van der Waals surface area (Å²) >= 11 is 0. The molecule has 0 spiro atoms. The molecule has 0 bridgehead atoms. The van der Waals surface area contributed by atoms with E-state index < -0.39 is 0 Å². The molecule has 0 radical (unpaired) electrons. The van der Waals surface area contributed by atoms with Crippen molar-refractivity contribution in [3.63, 3.8) is 0 Å². The Morgan fingerprint density at radius 2 is 2.35 bits per heavy atom. The second-order valence-electron chi connectivity index (χ2n) is 5.03. The number of aromatic nitrogens is 3. The van der Waals surface area contributed by atoms with Gasteiger partial charge in [0.2, 0.25) is 11.8 Å². The second kappa shape index (κ2) is 7.02. The fourth-order valence-corrected chi connectivity index (χ4v) is 2.40. The third kappa shape index (κ3) is 3.79. The number of nitrogens with zero attached hydrogens (tertiary/aromatic N) is 4. The van der Waals surface area contributed by atoms with E-state index in [1.54, 1.807) is 22.0 Å². The Kier molecular flexibility index (Phi) is 5.09. The zero-order chi connectivity index (χ0) is 14.4. The Bertz CT molecular complexity index is 446. The van der Waals surface area contributed by atoms with Crippen LogP contribution in [-0.2, 0) is 16.1 Å². The van der Waals surface area contributed by atoms with Crippen LogP contribution < -0.4 is 5.32 Å². The normalized spacial score (nSPS) is 19.1. The Balaban J connectivity index is 1.75. The van der Waals surface area contributed by atoms with Crippen LogP contribution in [-0.4, -0.2) is 51.3 Å². The van der Waals surface area contributed by atoms with Gasteiger partial charge in [-0.2, -0.15) is 0 Å². The molecule has 1 aromatic heterocycles. The van der Waals surface area contributed by atoms with Crippen molar-refractivity contribution in [2.24, 2.45) is 5.92 Å². The summed E-state index contributed by atoms with van der Waals surface area (Å²) in [4.78, 5) is 25.6. The number of hydrogen-bond donors (Lipinski definition) is 1. The fraction of sp³-hybridized carbons (Fsp3) is 0.692. The number of carbonyl (C=O) groups excluding carboxylic acids is 2. The predicted octanol–water partition coefficient (Wildman–Crippen LogP) is 0.0429. The second-order valence-corrected chi connectivity index (χ2v) is 5.03. The van der Waals surface area contributed by atoms with Gasteiger partial charge in [-0.05, 0) is 12.8 Å². The highest BCUT2D eigenvalue weighted by Gasteiger charge is 2.29. The minimum atomic E-state index is -0.0880. The van der Waals surface area contributed by atoms with Crippen LogP contribution in [0.3, 0.4) is 0 Å². The van der Waals surface area contributed by atoms with Crippen LogP contribution in [0.1, 0.15) is 26.2 Å². The average molecular weight is 279 g/mol. The van der Waals surface area contributed by atoms with Gasteiger partial charge in [0.05, 0.1) is 18.7 Å². The monoisotopic (exact) mass is 279 g/mol. The predicted molar refractivity (Wildman–Crippen MR) is 72.6 cm³/mol. The van der Waals surface area contributed by atoms with E-state index in [0.29, 0.717) is 32.5 Å². The van der Waals surface area contributed by atoms with E-state index >= 15 is 0 Å². The Morgan fingerprint density at radius 1 is 1.50 bits per heavy atom. The lowest BCUT2D eigenvalue weighted by molar-refractivity contribution is -0.138. The van der Waals surface area contributed by atoms with Crippen molar-refractivity contribution in [3.8, 4) is 0 Å². The standard InChI is InChI=1S/C13H21N5O2/c1-2-7-17-10-11(3-4-12(17)19)13(20)14-5-8-18-9-6-15-16-18/h6,9,11H,2-5,7-8,10H2,1H3,(H,14,20). The largest absolute Gasteiger partial charge is 0.354 e. The molecule has 1 aliphatic rings. The summed E-state index contributed by atoms with van der Waals surface area (Å²) in [5, 5.41) is 10.4. The van der Waals surface area contributed by atoms with Gasteiger partial charge in [0.1, 0.15) is 0 Å². The highest BCUT2D eigenvalue weighted by Crippen LogP contribution is 2.17. The van der Waals surface area contributed by atoms with Gasteiger partial charge in [-0.3, -0.25) is 14.3 Å². The summed E-state index contributed by atoms with van der Waals surface area (Å²) < 4.78 is 1.67. The summed E-state index contributed by atoms with van der Waals surface area (Å²) in [5.41, 5.74) is 0. The van der Waals surface area contributed by atoms with Crippen LogP contribution >= 0.6 is 0 Å². The summed E-state index contributed by atoms with van der Waals surface area (Å²) in [6.45, 7) is 4.45. The summed E-state index contributed by atoms with van der Waals surface area (Å²) in [7, 11) is 0. The quantitative estimate of drug-likeness (QED) is 0.797. The topological polar surface area (TPSA) is 80.1 Å². The minimum absolute atomic E-state index is 0.0266. The fourth-order valence-electron chi connectivity index (χ4n) is 2.40. The molecule has 1 fully saturated rings. The molecule has 2 heterocycles. The first-order valence-electron chi connectivity index (χ1n) is 7.10. The maximum atomic E-state index is 12.1. The Morgan fingerprint density at radius 3 is 3.05 bits per heavy atom. The van der Waals surface area contributed by atoms with E-state index in [1.807, 2.05) is 6.92 Å². The van der Waals surface area contributed by atoms with Gasteiger partial charge in [0.15, 0.2) is 0 Å². The van der Waals surface area contributed by atoms with E-state index in [1.165, 1.54) is 0 Å². The van der Waals surface area contributed by atoms with Crippen molar-refractivity contribution in [2.75, 3.05) is 19.6 Å². The van der Waals surface area contributed by atoms with E-state index in [-0.39, 0.29) is 17.7 Å². The van der Waals surface area contributed by atoms with Crippen LogP contribution in [0, 0.1) is 5.92 Å². The first kappa shape index (κ1) is 14.5. The molecule has 2 rings (SSSR count). The Labute approximate surface area is 118 Å². The molecule has 2 amide bonds. The zero-order valence-electron chi connectivity index (χ0n) is 11.8. The lowest BCUT2D eigenvalue weighted by atomic mass is 9.96. The van der Waals surface area contributed by atoms with Crippen LogP contribution in [0.4, 0.5) is 0 Å². The lowest BCUT2D eigenvalue weighted by Gasteiger charge is -2.31. The molecule has 1 aliphatic heterocycles. The number of hydrogen-bond acceptors (Lipinski definition) is 4. The van der Waals surface area contributed by atoms with Gasteiger partial charge in [-0.1, -0.05) is 12.1 Å². The molecular weight excluding hydrogens is 258 g/mol. The number of piperidine rings is 1. The highest BCUT2D eigenvalue weighted by atomic mass is 16.2. The van der Waals surface area contributed by atoms with Gasteiger partial charge in [-0.15, -0.1) is 5.10 Å². The molecule has 0 saturated carbocycles. The number of nitrogens with one attached hydrogen (secondary N) is 1. The van der Waals surface area contributed by atoms with Crippen LogP contribution in [0.2, 0.25) is 0 Å². The maximum absolute atomic E-state index is 12.1. The van der Waals surface area contributed by atoms with E-state index in [0.717, 1.165) is 13.0 Å². The smallest absolute Gasteiger partial charge is 0.224 e. The third-order valence-corrected chi connectivity index (χ3v) is 3.48. The molecule has 7 heteroatoms. The van der Waals surface area contributed by atoms with Gasteiger partial charge >= 0.3 is 0 Å². The highest BCUT2D eigenvalue weighted by molar-refractivity contribution is 5.83. The van der Waals surface area contributed by atoms with Crippen molar-refractivity contribution in [3.05, 3.63) is 12.4 Å². The lowest BCUT2D eigenvalue weighted by Crippen LogP contribution is -2.46. The van der Waals surface area contributed by atoms with Crippen molar-refractivity contribution < 1.29 is 9.59 Å². The molecule has 1 unspecified atom stereocenters. The molecule has 1 atom stereocenters. The molecule has 1 aromatic rings. The average Bonchev–Trinajstić information content (AvgIpc) is 2.94. The molecule has 110 valence electrons. The molecular formula is C13H21N5O2. The SMILES string of the molecule is CCCN1CC(C(=O)NCCn2ccnn2)CCC1=O. The van der Waals surface area contributed by atoms with Crippen molar-refractivity contribution in [2.45, 2.75) is 32.7 Å². The first-order valence-corrected chi connectivity index (χ1v) is 7.10. The van der Waals surface area contributed by atoms with Crippen molar-refractivity contribution in [1.82, 2.24) is 25.2 Å². The van der Waals surface area contributed by atoms with Gasteiger partial charge in [0, 0.05) is 32.3 Å². The van der Waals surface area contributed by atoms with Crippen LogP contribution in [0.15, 0.2) is 12.4 Å². The van der Waals surface area contributed by atoms with E-state index in [2.05, 4.69) is 15.6 Å². The van der Waals surface area contributed by atoms with Crippen LogP contribution in [0.25, 0.3) is 0 Å². The van der Waals surface area contributed by atoms with E-state index in [9.17, 15) is 9.59 Å². The molecule has 7 nitrogen and oxygen atoms in total. The number of rotatable bonds is 6. The number of likely N-dealkylation sites (tertiary alicyclic amines) is 1. The Hall–Kier alpha value is -1.92. The third-order valence-electron chi connectivity index (χ3n) is 3.48. The van der Waals surface area contributed by atoms with Gasteiger partial charge in [0.25, 0.3) is 0 Å². The minimum Gasteiger partial charge on any atom is -0.354 e. The van der Waals surface area contributed by atoms with Crippen LogP contribution in [0.5, 0.6) is 0 Å². The number of carbonyl (C=O) groups is 2. The first-order chi connectivity index (χ1) is 9.70. The van der Waals surface area contributed by atoms with Crippen molar-refractivity contribution in [1.29, 1.82) is 0 Å². The maximum Gasteiger partial charge on any atom is 0.224 e. The van der Waals surface area contributed by atoms with Gasteiger partial charge < -0.3 is 10.2 Å².